The molecule has 1 saturated heterocycles. The quantitative estimate of drug-likeness (QED) is 0.764. The van der Waals surface area contributed by atoms with E-state index >= 15 is 0 Å². The first kappa shape index (κ1) is 17.0. The molecule has 6 nitrogen and oxygen atoms in total. The molecular formula is C19H22N4O2S. The highest BCUT2D eigenvalue weighted by Gasteiger charge is 2.29. The topological polar surface area (TPSA) is 71.1 Å². The molecule has 2 aromatic heterocycles. The highest BCUT2D eigenvalue weighted by molar-refractivity contribution is 7.15. The van der Waals surface area contributed by atoms with Gasteiger partial charge in [-0.15, -0.1) is 0 Å². The zero-order chi connectivity index (χ0) is 18.3. The van der Waals surface area contributed by atoms with Crippen LogP contribution in [0.25, 0.3) is 11.0 Å². The van der Waals surface area contributed by atoms with Crippen molar-refractivity contribution in [3.63, 3.8) is 0 Å². The summed E-state index contributed by atoms with van der Waals surface area (Å²) in [4.78, 5) is 28.1. The summed E-state index contributed by atoms with van der Waals surface area (Å²) in [5.74, 6) is 1.25. The van der Waals surface area contributed by atoms with E-state index in [4.69, 9.17) is 9.72 Å². The van der Waals surface area contributed by atoms with E-state index in [1.54, 1.807) is 7.11 Å². The predicted molar refractivity (Wildman–Crippen MR) is 102 cm³/mol. The second-order valence-electron chi connectivity index (χ2n) is 6.78. The number of thiazole rings is 1. The van der Waals surface area contributed by atoms with Crippen molar-refractivity contribution in [2.45, 2.75) is 32.6 Å². The third kappa shape index (κ3) is 2.96. The van der Waals surface area contributed by atoms with Gasteiger partial charge in [0.1, 0.15) is 10.7 Å². The molecule has 1 aliphatic rings. The van der Waals surface area contributed by atoms with E-state index in [0.29, 0.717) is 16.6 Å². The van der Waals surface area contributed by atoms with Crippen molar-refractivity contribution >= 4 is 28.3 Å². The Labute approximate surface area is 156 Å². The molecule has 1 fully saturated rings. The Morgan fingerprint density at radius 2 is 2.19 bits per heavy atom. The van der Waals surface area contributed by atoms with Gasteiger partial charge in [0.25, 0.3) is 11.1 Å². The van der Waals surface area contributed by atoms with Crippen molar-refractivity contribution in [2.24, 2.45) is 0 Å². The molecule has 0 radical (unpaired) electrons. The number of para-hydroxylation sites is 1. The molecule has 4 rings (SSSR count). The predicted octanol–water partition coefficient (Wildman–Crippen LogP) is 3.66. The fourth-order valence-corrected chi connectivity index (χ4v) is 4.42. The number of nitrogens with zero attached hydrogens (tertiary/aromatic N) is 3. The Kier molecular flexibility index (Phi) is 4.40. The van der Waals surface area contributed by atoms with Crippen LogP contribution in [-0.4, -0.2) is 46.0 Å². The molecule has 0 saturated carbocycles. The molecule has 1 amide bonds. The molecule has 136 valence electrons. The maximum Gasteiger partial charge on any atom is 0.273 e. The van der Waals surface area contributed by atoms with Gasteiger partial charge in [-0.2, -0.15) is 0 Å². The van der Waals surface area contributed by atoms with Crippen LogP contribution in [0.4, 0.5) is 0 Å². The minimum absolute atomic E-state index is 0.0419. The number of benzene rings is 1. The molecule has 3 heterocycles. The van der Waals surface area contributed by atoms with Crippen LogP contribution in [0.1, 0.15) is 45.5 Å². The van der Waals surface area contributed by atoms with Crippen LogP contribution in [0.15, 0.2) is 18.2 Å². The van der Waals surface area contributed by atoms with Gasteiger partial charge in [-0.25, -0.2) is 9.97 Å². The molecule has 0 unspecified atom stereocenters. The SMILES string of the molecule is COc1nc(C)c(C(=O)N2CCC[C@@H](c3nc4c(C)cccc4[nH]3)C2)s1. The first-order chi connectivity index (χ1) is 12.6. The van der Waals surface area contributed by atoms with Crippen LogP contribution in [0.2, 0.25) is 0 Å². The van der Waals surface area contributed by atoms with E-state index in [1.165, 1.54) is 16.9 Å². The number of nitrogens with one attached hydrogen (secondary N) is 1. The minimum atomic E-state index is 0.0419. The monoisotopic (exact) mass is 370 g/mol. The van der Waals surface area contributed by atoms with Crippen molar-refractivity contribution in [1.29, 1.82) is 0 Å². The number of hydrogen-bond acceptors (Lipinski definition) is 5. The number of carbonyl (C=O) groups is 1. The minimum Gasteiger partial charge on any atom is -0.473 e. The number of aromatic amines is 1. The molecule has 1 aromatic carbocycles. The zero-order valence-electron chi connectivity index (χ0n) is 15.2. The van der Waals surface area contributed by atoms with Crippen LogP contribution in [0, 0.1) is 13.8 Å². The smallest absolute Gasteiger partial charge is 0.273 e. The number of amides is 1. The molecule has 0 aliphatic carbocycles. The highest BCUT2D eigenvalue weighted by atomic mass is 32.1. The summed E-state index contributed by atoms with van der Waals surface area (Å²) in [6.45, 7) is 5.38. The average Bonchev–Trinajstić information content (AvgIpc) is 3.25. The third-order valence-electron chi connectivity index (χ3n) is 4.97. The number of rotatable bonds is 3. The molecule has 1 aliphatic heterocycles. The largest absolute Gasteiger partial charge is 0.473 e. The van der Waals surface area contributed by atoms with E-state index in [0.717, 1.165) is 41.9 Å². The van der Waals surface area contributed by atoms with E-state index < -0.39 is 0 Å². The number of aryl methyl sites for hydroxylation is 2. The van der Waals surface area contributed by atoms with E-state index in [9.17, 15) is 4.79 Å². The van der Waals surface area contributed by atoms with E-state index in [2.05, 4.69) is 29.0 Å². The average molecular weight is 370 g/mol. The second kappa shape index (κ2) is 6.72. The Morgan fingerprint density at radius 3 is 2.92 bits per heavy atom. The number of fused-ring (bicyclic) bond motifs is 1. The number of aromatic nitrogens is 3. The van der Waals surface area contributed by atoms with Crippen molar-refractivity contribution in [2.75, 3.05) is 20.2 Å². The number of carbonyl (C=O) groups excluding carboxylic acids is 1. The summed E-state index contributed by atoms with van der Waals surface area (Å²) in [6, 6.07) is 6.16. The maximum atomic E-state index is 13.0. The van der Waals surface area contributed by atoms with Gasteiger partial charge in [-0.3, -0.25) is 4.79 Å². The normalized spacial score (nSPS) is 17.7. The standard InChI is InChI=1S/C19H22N4O2S/c1-11-6-4-8-14-15(11)22-17(21-14)13-7-5-9-23(10-13)18(24)16-12(2)20-19(25-3)26-16/h4,6,8,13H,5,7,9-10H2,1-3H3,(H,21,22)/t13-/m1/s1. The Hall–Kier alpha value is -2.41. The summed E-state index contributed by atoms with van der Waals surface area (Å²) >= 11 is 1.32. The lowest BCUT2D eigenvalue weighted by Gasteiger charge is -2.31. The fraction of sp³-hybridized carbons (Fsp3) is 0.421. The molecule has 1 atom stereocenters. The van der Waals surface area contributed by atoms with Gasteiger partial charge < -0.3 is 14.6 Å². The fourth-order valence-electron chi connectivity index (χ4n) is 3.57. The second-order valence-corrected chi connectivity index (χ2v) is 7.74. The van der Waals surface area contributed by atoms with Crippen molar-refractivity contribution in [3.05, 3.63) is 40.2 Å². The van der Waals surface area contributed by atoms with E-state index in [1.807, 2.05) is 17.9 Å². The van der Waals surface area contributed by atoms with Crippen LogP contribution < -0.4 is 4.74 Å². The summed E-state index contributed by atoms with van der Waals surface area (Å²) < 4.78 is 5.17. The molecule has 0 spiro atoms. The molecule has 3 aromatic rings. The number of hydrogen-bond donors (Lipinski definition) is 1. The number of imidazole rings is 1. The van der Waals surface area contributed by atoms with E-state index in [-0.39, 0.29) is 11.8 Å². The Morgan fingerprint density at radius 1 is 1.35 bits per heavy atom. The summed E-state index contributed by atoms with van der Waals surface area (Å²) in [6.07, 6.45) is 2.01. The highest BCUT2D eigenvalue weighted by Crippen LogP contribution is 2.31. The lowest BCUT2D eigenvalue weighted by atomic mass is 9.97. The van der Waals surface area contributed by atoms with Gasteiger partial charge in [0.15, 0.2) is 0 Å². The van der Waals surface area contributed by atoms with Crippen LogP contribution >= 0.6 is 11.3 Å². The Bertz CT molecular complexity index is 962. The first-order valence-corrected chi connectivity index (χ1v) is 9.64. The van der Waals surface area contributed by atoms with Gasteiger partial charge >= 0.3 is 0 Å². The van der Waals surface area contributed by atoms with Crippen molar-refractivity contribution in [1.82, 2.24) is 19.9 Å². The van der Waals surface area contributed by atoms with Gasteiger partial charge in [-0.05, 0) is 38.3 Å². The van der Waals surface area contributed by atoms with Crippen LogP contribution in [0.5, 0.6) is 5.19 Å². The molecule has 7 heteroatoms. The lowest BCUT2D eigenvalue weighted by Crippen LogP contribution is -2.39. The molecule has 0 bridgehead atoms. The first-order valence-electron chi connectivity index (χ1n) is 8.82. The maximum absolute atomic E-state index is 13.0. The summed E-state index contributed by atoms with van der Waals surface area (Å²) in [7, 11) is 1.58. The van der Waals surface area contributed by atoms with Gasteiger partial charge in [0.2, 0.25) is 0 Å². The van der Waals surface area contributed by atoms with Crippen molar-refractivity contribution < 1.29 is 9.53 Å². The lowest BCUT2D eigenvalue weighted by molar-refractivity contribution is 0.0709. The molecule has 26 heavy (non-hydrogen) atoms. The number of H-pyrrole nitrogens is 1. The summed E-state index contributed by atoms with van der Waals surface area (Å²) in [5, 5.41) is 0.534. The number of methoxy groups -OCH3 is 1. The van der Waals surface area contributed by atoms with Crippen molar-refractivity contribution in [3.8, 4) is 5.19 Å². The van der Waals surface area contributed by atoms with Gasteiger partial charge in [0, 0.05) is 19.0 Å². The Balaban J connectivity index is 1.57. The molecular weight excluding hydrogens is 348 g/mol. The van der Waals surface area contributed by atoms with Gasteiger partial charge in [-0.1, -0.05) is 23.5 Å². The third-order valence-corrected chi connectivity index (χ3v) is 6.08. The van der Waals surface area contributed by atoms with Crippen LogP contribution in [-0.2, 0) is 0 Å². The number of piperidine rings is 1. The number of ether oxygens (including phenoxy) is 1. The zero-order valence-corrected chi connectivity index (χ0v) is 16.0. The summed E-state index contributed by atoms with van der Waals surface area (Å²) in [5.41, 5.74) is 3.99. The molecule has 1 N–H and O–H groups in total. The van der Waals surface area contributed by atoms with Crippen LogP contribution in [0.3, 0.4) is 0 Å². The number of likely N-dealkylation sites (tertiary alicyclic amines) is 1. The van der Waals surface area contributed by atoms with Gasteiger partial charge in [0.05, 0.1) is 23.8 Å².